The Balaban J connectivity index is 2.14. The van der Waals surface area contributed by atoms with Crippen molar-refractivity contribution in [3.8, 4) is 0 Å². The maximum absolute atomic E-state index is 13.1. The topological polar surface area (TPSA) is 60.9 Å². The maximum Gasteiger partial charge on any atom is 0.317 e. The van der Waals surface area contributed by atoms with Crippen molar-refractivity contribution in [2.24, 2.45) is 0 Å². The van der Waals surface area contributed by atoms with Crippen LogP contribution in [0.15, 0.2) is 18.2 Å². The Kier molecular flexibility index (Phi) is 4.25. The molecule has 7 heteroatoms. The molecule has 0 aliphatic carbocycles. The zero-order valence-corrected chi connectivity index (χ0v) is 11.6. The van der Waals surface area contributed by atoms with Crippen LogP contribution in [0.5, 0.6) is 0 Å². The SMILES string of the molecule is CN(CC(=O)O)C1CCN(c2ccc(F)c(Cl)c2)C1=O. The van der Waals surface area contributed by atoms with Crippen molar-refractivity contribution in [1.29, 1.82) is 0 Å². The van der Waals surface area contributed by atoms with Gasteiger partial charge in [-0.1, -0.05) is 11.6 Å². The molecule has 1 amide bonds. The van der Waals surface area contributed by atoms with Crippen molar-refractivity contribution in [3.05, 3.63) is 29.0 Å². The molecule has 108 valence electrons. The van der Waals surface area contributed by atoms with E-state index in [0.29, 0.717) is 18.7 Å². The average molecular weight is 301 g/mol. The molecule has 1 fully saturated rings. The second kappa shape index (κ2) is 5.76. The highest BCUT2D eigenvalue weighted by Gasteiger charge is 2.35. The van der Waals surface area contributed by atoms with Crippen molar-refractivity contribution in [1.82, 2.24) is 4.90 Å². The van der Waals surface area contributed by atoms with E-state index < -0.39 is 17.8 Å². The summed E-state index contributed by atoms with van der Waals surface area (Å²) < 4.78 is 13.1. The van der Waals surface area contributed by atoms with Crippen LogP contribution in [0.4, 0.5) is 10.1 Å². The Morgan fingerprint density at radius 2 is 2.30 bits per heavy atom. The molecule has 20 heavy (non-hydrogen) atoms. The first kappa shape index (κ1) is 14.7. The zero-order valence-electron chi connectivity index (χ0n) is 10.8. The molecule has 2 rings (SSSR count). The van der Waals surface area contributed by atoms with Crippen molar-refractivity contribution in [2.45, 2.75) is 12.5 Å². The van der Waals surface area contributed by atoms with Gasteiger partial charge < -0.3 is 10.0 Å². The summed E-state index contributed by atoms with van der Waals surface area (Å²) in [5.41, 5.74) is 0.521. The Labute approximate surface area is 120 Å². The standard InChI is InChI=1S/C13H14ClFN2O3/c1-16(7-12(18)19)11-4-5-17(13(11)20)8-2-3-10(15)9(14)6-8/h2-3,6,11H,4-5,7H2,1H3,(H,18,19). The molecule has 1 N–H and O–H groups in total. The number of halogens is 2. The van der Waals surface area contributed by atoms with E-state index in [1.807, 2.05) is 0 Å². The number of benzene rings is 1. The number of carboxylic acid groups (broad SMARTS) is 1. The lowest BCUT2D eigenvalue weighted by atomic mass is 10.2. The van der Waals surface area contributed by atoms with Crippen LogP contribution < -0.4 is 4.90 Å². The minimum Gasteiger partial charge on any atom is -0.480 e. The summed E-state index contributed by atoms with van der Waals surface area (Å²) in [6.45, 7) is 0.254. The van der Waals surface area contributed by atoms with E-state index in [4.69, 9.17) is 16.7 Å². The predicted molar refractivity (Wildman–Crippen MR) is 72.4 cm³/mol. The van der Waals surface area contributed by atoms with E-state index in [-0.39, 0.29) is 17.5 Å². The molecule has 0 radical (unpaired) electrons. The molecular formula is C13H14ClFN2O3. The number of aliphatic carboxylic acids is 1. The van der Waals surface area contributed by atoms with Crippen LogP contribution in [-0.4, -0.2) is 48.1 Å². The van der Waals surface area contributed by atoms with Crippen LogP contribution in [0, 0.1) is 5.82 Å². The van der Waals surface area contributed by atoms with Gasteiger partial charge in [0.25, 0.3) is 0 Å². The number of hydrogen-bond donors (Lipinski definition) is 1. The summed E-state index contributed by atoms with van der Waals surface area (Å²) >= 11 is 5.71. The van der Waals surface area contributed by atoms with Gasteiger partial charge >= 0.3 is 5.97 Å². The molecule has 5 nitrogen and oxygen atoms in total. The molecule has 1 aromatic carbocycles. The Hall–Kier alpha value is -1.66. The summed E-state index contributed by atoms with van der Waals surface area (Å²) in [6.07, 6.45) is 0.525. The third-order valence-corrected chi connectivity index (χ3v) is 3.60. The van der Waals surface area contributed by atoms with Crippen molar-refractivity contribution in [2.75, 3.05) is 25.0 Å². The second-order valence-electron chi connectivity index (χ2n) is 4.70. The van der Waals surface area contributed by atoms with Crippen molar-refractivity contribution < 1.29 is 19.1 Å². The summed E-state index contributed by atoms with van der Waals surface area (Å²) in [5.74, 6) is -1.72. The van der Waals surface area contributed by atoms with Gasteiger partial charge in [0.1, 0.15) is 5.82 Å². The van der Waals surface area contributed by atoms with Gasteiger partial charge in [-0.15, -0.1) is 0 Å². The number of rotatable bonds is 4. The first-order valence-electron chi connectivity index (χ1n) is 6.08. The lowest BCUT2D eigenvalue weighted by Gasteiger charge is -2.22. The lowest BCUT2D eigenvalue weighted by Crippen LogP contribution is -2.42. The smallest absolute Gasteiger partial charge is 0.317 e. The van der Waals surface area contributed by atoms with Gasteiger partial charge in [-0.2, -0.15) is 0 Å². The molecule has 0 aromatic heterocycles. The van der Waals surface area contributed by atoms with Gasteiger partial charge in [0.05, 0.1) is 17.6 Å². The van der Waals surface area contributed by atoms with Gasteiger partial charge in [0.15, 0.2) is 0 Å². The number of amides is 1. The van der Waals surface area contributed by atoms with E-state index in [1.165, 1.54) is 28.0 Å². The molecule has 1 aliphatic heterocycles. The molecule has 1 atom stereocenters. The fourth-order valence-electron chi connectivity index (χ4n) is 2.31. The summed E-state index contributed by atoms with van der Waals surface area (Å²) in [7, 11) is 1.60. The Bertz CT molecular complexity index is 552. The summed E-state index contributed by atoms with van der Waals surface area (Å²) in [5, 5.41) is 8.71. The maximum atomic E-state index is 13.1. The fourth-order valence-corrected chi connectivity index (χ4v) is 2.48. The Morgan fingerprint density at radius 1 is 1.60 bits per heavy atom. The van der Waals surface area contributed by atoms with E-state index >= 15 is 0 Å². The first-order valence-corrected chi connectivity index (χ1v) is 6.46. The highest BCUT2D eigenvalue weighted by atomic mass is 35.5. The fraction of sp³-hybridized carbons (Fsp3) is 0.385. The van der Waals surface area contributed by atoms with Gasteiger partial charge in [-0.25, -0.2) is 4.39 Å². The quantitative estimate of drug-likeness (QED) is 0.917. The summed E-state index contributed by atoms with van der Waals surface area (Å²) in [4.78, 5) is 26.0. The second-order valence-corrected chi connectivity index (χ2v) is 5.11. The van der Waals surface area contributed by atoms with E-state index in [9.17, 15) is 14.0 Å². The molecule has 1 aliphatic rings. The highest BCUT2D eigenvalue weighted by molar-refractivity contribution is 6.31. The van der Waals surface area contributed by atoms with Crippen LogP contribution in [0.25, 0.3) is 0 Å². The number of carbonyl (C=O) groups excluding carboxylic acids is 1. The van der Waals surface area contributed by atoms with Gasteiger partial charge in [-0.3, -0.25) is 14.5 Å². The predicted octanol–water partition coefficient (Wildman–Crippen LogP) is 1.60. The monoisotopic (exact) mass is 300 g/mol. The number of nitrogens with zero attached hydrogens (tertiary/aromatic N) is 2. The van der Waals surface area contributed by atoms with Gasteiger partial charge in [0, 0.05) is 12.2 Å². The molecule has 1 unspecified atom stereocenters. The normalized spacial score (nSPS) is 18.9. The minimum atomic E-state index is -0.983. The van der Waals surface area contributed by atoms with E-state index in [2.05, 4.69) is 0 Å². The zero-order chi connectivity index (χ0) is 14.9. The number of carbonyl (C=O) groups is 2. The van der Waals surface area contributed by atoms with E-state index in [0.717, 1.165) is 0 Å². The van der Waals surface area contributed by atoms with Crippen LogP contribution in [0.3, 0.4) is 0 Å². The molecule has 1 saturated heterocycles. The van der Waals surface area contributed by atoms with Crippen LogP contribution in [-0.2, 0) is 9.59 Å². The van der Waals surface area contributed by atoms with Gasteiger partial charge in [-0.05, 0) is 31.7 Å². The molecule has 1 heterocycles. The van der Waals surface area contributed by atoms with Crippen LogP contribution in [0.2, 0.25) is 5.02 Å². The summed E-state index contributed by atoms with van der Waals surface area (Å²) in [6, 6.07) is 3.61. The lowest BCUT2D eigenvalue weighted by molar-refractivity contribution is -0.138. The molecule has 1 aromatic rings. The number of anilines is 1. The molecule has 0 bridgehead atoms. The van der Waals surface area contributed by atoms with E-state index in [1.54, 1.807) is 7.05 Å². The third-order valence-electron chi connectivity index (χ3n) is 3.31. The van der Waals surface area contributed by atoms with Crippen LogP contribution in [0.1, 0.15) is 6.42 Å². The van der Waals surface area contributed by atoms with Crippen molar-refractivity contribution >= 4 is 29.2 Å². The first-order chi connectivity index (χ1) is 9.40. The minimum absolute atomic E-state index is 0.0439. The number of hydrogen-bond acceptors (Lipinski definition) is 3. The highest BCUT2D eigenvalue weighted by Crippen LogP contribution is 2.27. The Morgan fingerprint density at radius 3 is 2.90 bits per heavy atom. The van der Waals surface area contributed by atoms with Crippen LogP contribution >= 0.6 is 11.6 Å². The molecule has 0 saturated carbocycles. The molecular weight excluding hydrogens is 287 g/mol. The van der Waals surface area contributed by atoms with Gasteiger partial charge in [0.2, 0.25) is 5.91 Å². The number of likely N-dealkylation sites (N-methyl/N-ethyl adjacent to an activating group) is 1. The third kappa shape index (κ3) is 2.91. The van der Waals surface area contributed by atoms with Crippen molar-refractivity contribution in [3.63, 3.8) is 0 Å². The average Bonchev–Trinajstić information content (AvgIpc) is 2.74. The number of carboxylic acids is 1. The largest absolute Gasteiger partial charge is 0.480 e. The molecule has 0 spiro atoms.